The van der Waals surface area contributed by atoms with Gasteiger partial charge >= 0.3 is 6.18 Å². The summed E-state index contributed by atoms with van der Waals surface area (Å²) in [4.78, 5) is 0. The molecule has 0 bridgehead atoms. The lowest BCUT2D eigenvalue weighted by atomic mass is 10.0. The number of alkyl halides is 3. The van der Waals surface area contributed by atoms with Gasteiger partial charge in [-0.05, 0) is 17.7 Å². The van der Waals surface area contributed by atoms with E-state index in [1.165, 1.54) is 23.0 Å². The summed E-state index contributed by atoms with van der Waals surface area (Å²) in [5, 5.41) is 3.85. The normalized spacial score (nSPS) is 11.8. The van der Waals surface area contributed by atoms with Crippen LogP contribution in [0, 0.1) is 0 Å². The van der Waals surface area contributed by atoms with Gasteiger partial charge in [-0.15, -0.1) is 0 Å². The van der Waals surface area contributed by atoms with Gasteiger partial charge < -0.3 is 5.73 Å². The van der Waals surface area contributed by atoms with Crippen LogP contribution < -0.4 is 5.73 Å². The Bertz CT molecular complexity index is 590. The molecule has 0 fully saturated rings. The van der Waals surface area contributed by atoms with Crippen molar-refractivity contribution >= 4 is 17.4 Å². The number of benzene rings is 1. The van der Waals surface area contributed by atoms with Gasteiger partial charge in [-0.3, -0.25) is 4.68 Å². The molecule has 0 aliphatic carbocycles. The molecule has 0 aliphatic rings. The summed E-state index contributed by atoms with van der Waals surface area (Å²) >= 11 is 5.60. The molecule has 0 radical (unpaired) electrons. The van der Waals surface area contributed by atoms with Crippen molar-refractivity contribution < 1.29 is 13.2 Å². The van der Waals surface area contributed by atoms with Crippen molar-refractivity contribution in [1.82, 2.24) is 9.78 Å². The van der Waals surface area contributed by atoms with E-state index in [4.69, 9.17) is 17.3 Å². The van der Waals surface area contributed by atoms with Crippen molar-refractivity contribution in [2.24, 2.45) is 7.05 Å². The van der Waals surface area contributed by atoms with Gasteiger partial charge in [0.1, 0.15) is 5.82 Å². The molecule has 0 aliphatic heterocycles. The summed E-state index contributed by atoms with van der Waals surface area (Å²) in [7, 11) is 1.56. The van der Waals surface area contributed by atoms with Crippen LogP contribution in [-0.2, 0) is 13.2 Å². The lowest BCUT2D eigenvalue weighted by molar-refractivity contribution is -0.137. The monoisotopic (exact) mass is 275 g/mol. The largest absolute Gasteiger partial charge is 0.417 e. The molecule has 0 saturated heterocycles. The summed E-state index contributed by atoms with van der Waals surface area (Å²) in [6, 6.07) is 3.56. The second-order valence-corrected chi connectivity index (χ2v) is 4.19. The number of nitrogens with two attached hydrogens (primary N) is 1. The molecule has 7 heteroatoms. The molecule has 2 N–H and O–H groups in total. The molecule has 3 nitrogen and oxygen atoms in total. The van der Waals surface area contributed by atoms with Gasteiger partial charge in [0.25, 0.3) is 0 Å². The number of nitrogens with zero attached hydrogens (tertiary/aromatic N) is 2. The van der Waals surface area contributed by atoms with Gasteiger partial charge in [0, 0.05) is 17.6 Å². The first-order valence-electron chi connectivity index (χ1n) is 4.95. The number of rotatable bonds is 1. The Morgan fingerprint density at radius 3 is 2.44 bits per heavy atom. The fourth-order valence-electron chi connectivity index (χ4n) is 1.64. The Hall–Kier alpha value is -1.69. The maximum Gasteiger partial charge on any atom is 0.417 e. The molecule has 0 unspecified atom stereocenters. The maximum absolute atomic E-state index is 12.9. The third-order valence-corrected chi connectivity index (χ3v) is 2.80. The average molecular weight is 276 g/mol. The Morgan fingerprint density at radius 2 is 1.94 bits per heavy atom. The molecule has 1 heterocycles. The molecular formula is C11H9ClF3N3. The van der Waals surface area contributed by atoms with Crippen LogP contribution in [0.3, 0.4) is 0 Å². The molecule has 0 saturated carbocycles. The van der Waals surface area contributed by atoms with E-state index in [2.05, 4.69) is 5.10 Å². The zero-order chi connectivity index (χ0) is 13.5. The number of anilines is 1. The Morgan fingerprint density at radius 1 is 1.28 bits per heavy atom. The molecule has 2 rings (SSSR count). The van der Waals surface area contributed by atoms with Gasteiger partial charge in [0.2, 0.25) is 0 Å². The SMILES string of the molecule is Cn1ncc(-c2ccc(Cl)cc2C(F)(F)F)c1N. The predicted octanol–water partition coefficient (Wildman–Crippen LogP) is 3.34. The number of hydrogen-bond acceptors (Lipinski definition) is 2. The van der Waals surface area contributed by atoms with E-state index >= 15 is 0 Å². The summed E-state index contributed by atoms with van der Waals surface area (Å²) in [5.74, 6) is 0.169. The molecule has 0 spiro atoms. The second-order valence-electron chi connectivity index (χ2n) is 3.75. The van der Waals surface area contributed by atoms with Crippen molar-refractivity contribution in [3.05, 3.63) is 35.0 Å². The van der Waals surface area contributed by atoms with Crippen LogP contribution in [0.2, 0.25) is 5.02 Å². The Kier molecular flexibility index (Phi) is 2.98. The molecular weight excluding hydrogens is 267 g/mol. The first kappa shape index (κ1) is 12.8. The number of aryl methyl sites for hydroxylation is 1. The first-order valence-corrected chi connectivity index (χ1v) is 5.33. The van der Waals surface area contributed by atoms with E-state index in [0.29, 0.717) is 0 Å². The van der Waals surface area contributed by atoms with Crippen LogP contribution >= 0.6 is 11.6 Å². The van der Waals surface area contributed by atoms with E-state index in [9.17, 15) is 13.2 Å². The quantitative estimate of drug-likeness (QED) is 0.867. The summed E-state index contributed by atoms with van der Waals surface area (Å²) in [6.07, 6.45) is -3.20. The summed E-state index contributed by atoms with van der Waals surface area (Å²) in [6.45, 7) is 0. The van der Waals surface area contributed by atoms with Gasteiger partial charge in [-0.1, -0.05) is 17.7 Å². The highest BCUT2D eigenvalue weighted by atomic mass is 35.5. The highest BCUT2D eigenvalue weighted by Gasteiger charge is 2.34. The fourth-order valence-corrected chi connectivity index (χ4v) is 1.81. The third-order valence-electron chi connectivity index (χ3n) is 2.56. The summed E-state index contributed by atoms with van der Waals surface area (Å²) in [5.41, 5.74) is 5.07. The third kappa shape index (κ3) is 2.15. The fraction of sp³-hybridized carbons (Fsp3) is 0.182. The molecule has 96 valence electrons. The van der Waals surface area contributed by atoms with Crippen molar-refractivity contribution in [2.75, 3.05) is 5.73 Å². The van der Waals surface area contributed by atoms with Crippen LogP contribution in [0.5, 0.6) is 0 Å². The second kappa shape index (κ2) is 4.20. The van der Waals surface area contributed by atoms with Crippen LogP contribution in [-0.4, -0.2) is 9.78 Å². The van der Waals surface area contributed by atoms with Crippen molar-refractivity contribution in [1.29, 1.82) is 0 Å². The van der Waals surface area contributed by atoms with Crippen LogP contribution in [0.1, 0.15) is 5.56 Å². The number of hydrogen-bond donors (Lipinski definition) is 1. The number of aromatic nitrogens is 2. The average Bonchev–Trinajstić information content (AvgIpc) is 2.59. The Balaban J connectivity index is 2.68. The smallest absolute Gasteiger partial charge is 0.383 e. The van der Waals surface area contributed by atoms with Crippen molar-refractivity contribution in [2.45, 2.75) is 6.18 Å². The molecule has 18 heavy (non-hydrogen) atoms. The van der Waals surface area contributed by atoms with Gasteiger partial charge in [0.05, 0.1) is 11.8 Å². The van der Waals surface area contributed by atoms with E-state index in [-0.39, 0.29) is 22.0 Å². The zero-order valence-corrected chi connectivity index (χ0v) is 10.0. The van der Waals surface area contributed by atoms with Crippen LogP contribution in [0.25, 0.3) is 11.1 Å². The molecule has 1 aromatic heterocycles. The van der Waals surface area contributed by atoms with E-state index < -0.39 is 11.7 Å². The summed E-state index contributed by atoms with van der Waals surface area (Å²) < 4.78 is 40.1. The van der Waals surface area contributed by atoms with E-state index in [1.807, 2.05) is 0 Å². The predicted molar refractivity (Wildman–Crippen MR) is 63.1 cm³/mol. The highest BCUT2D eigenvalue weighted by Crippen LogP contribution is 2.39. The Labute approximate surface area is 106 Å². The maximum atomic E-state index is 12.9. The van der Waals surface area contributed by atoms with E-state index in [1.54, 1.807) is 7.05 Å². The standard InChI is InChI=1S/C11H9ClF3N3/c1-18-10(16)8(5-17-18)7-3-2-6(12)4-9(7)11(13,14)15/h2-5H,16H2,1H3. The lowest BCUT2D eigenvalue weighted by Crippen LogP contribution is -2.08. The molecule has 0 amide bonds. The van der Waals surface area contributed by atoms with Crippen molar-refractivity contribution in [3.63, 3.8) is 0 Å². The van der Waals surface area contributed by atoms with Crippen LogP contribution in [0.4, 0.5) is 19.0 Å². The highest BCUT2D eigenvalue weighted by molar-refractivity contribution is 6.30. The van der Waals surface area contributed by atoms with Crippen LogP contribution in [0.15, 0.2) is 24.4 Å². The van der Waals surface area contributed by atoms with Gasteiger partial charge in [0.15, 0.2) is 0 Å². The minimum absolute atomic E-state index is 0.0218. The topological polar surface area (TPSA) is 43.8 Å². The zero-order valence-electron chi connectivity index (χ0n) is 9.29. The first-order chi connectivity index (χ1) is 8.30. The minimum Gasteiger partial charge on any atom is -0.383 e. The van der Waals surface area contributed by atoms with E-state index in [0.717, 1.165) is 6.07 Å². The molecule has 2 aromatic rings. The number of nitrogen functional groups attached to an aromatic ring is 1. The number of halogens is 4. The molecule has 1 aromatic carbocycles. The van der Waals surface area contributed by atoms with Gasteiger partial charge in [-0.2, -0.15) is 18.3 Å². The van der Waals surface area contributed by atoms with Crippen molar-refractivity contribution in [3.8, 4) is 11.1 Å². The lowest BCUT2D eigenvalue weighted by Gasteiger charge is -2.12. The molecule has 0 atom stereocenters. The minimum atomic E-state index is -4.50. The van der Waals surface area contributed by atoms with Gasteiger partial charge in [-0.25, -0.2) is 0 Å².